The van der Waals surface area contributed by atoms with Crippen molar-refractivity contribution >= 4 is 11.6 Å². The number of hydrogen-bond acceptors (Lipinski definition) is 3. The summed E-state index contributed by atoms with van der Waals surface area (Å²) in [6.45, 7) is 8.09. The number of nitrogens with zero attached hydrogens (tertiary/aromatic N) is 1. The molecule has 0 aromatic heterocycles. The summed E-state index contributed by atoms with van der Waals surface area (Å²) in [4.78, 5) is 13.9. The molecule has 1 aliphatic heterocycles. The van der Waals surface area contributed by atoms with Gasteiger partial charge >= 0.3 is 0 Å². The van der Waals surface area contributed by atoms with Crippen LogP contribution >= 0.6 is 0 Å². The Balaban J connectivity index is 2.44. The van der Waals surface area contributed by atoms with Crippen LogP contribution in [0.4, 0.5) is 5.69 Å². The zero-order valence-corrected chi connectivity index (χ0v) is 10.6. The number of amides is 1. The molecule has 1 heterocycles. The van der Waals surface area contributed by atoms with Gasteiger partial charge in [0.05, 0.1) is 5.69 Å². The van der Waals surface area contributed by atoms with E-state index in [0.29, 0.717) is 24.4 Å². The fourth-order valence-corrected chi connectivity index (χ4v) is 2.01. The molecule has 4 nitrogen and oxygen atoms in total. The average Bonchev–Trinajstić information content (AvgIpc) is 2.31. The zero-order chi connectivity index (χ0) is 13.3. The van der Waals surface area contributed by atoms with Gasteiger partial charge in [0, 0.05) is 12.6 Å². The van der Waals surface area contributed by atoms with Crippen LogP contribution < -0.4 is 9.64 Å². The molecule has 96 valence electrons. The first-order chi connectivity index (χ1) is 8.52. The number of hydrogen-bond donors (Lipinski definition) is 1. The Morgan fingerprint density at radius 2 is 2.28 bits per heavy atom. The van der Waals surface area contributed by atoms with Gasteiger partial charge in [0.2, 0.25) is 0 Å². The number of phenolic OH excluding ortho intramolecular Hbond substituents is 1. The van der Waals surface area contributed by atoms with Crippen LogP contribution in [0.15, 0.2) is 30.4 Å². The van der Waals surface area contributed by atoms with Crippen molar-refractivity contribution in [2.24, 2.45) is 0 Å². The molecule has 1 amide bonds. The molecule has 0 spiro atoms. The summed E-state index contributed by atoms with van der Waals surface area (Å²) >= 11 is 0. The number of phenols is 1. The molecule has 0 bridgehead atoms. The van der Waals surface area contributed by atoms with Crippen molar-refractivity contribution in [3.63, 3.8) is 0 Å². The minimum atomic E-state index is -0.487. The molecule has 1 atom stereocenters. The van der Waals surface area contributed by atoms with Gasteiger partial charge in [-0.15, -0.1) is 0 Å². The fourth-order valence-electron chi connectivity index (χ4n) is 2.01. The van der Waals surface area contributed by atoms with E-state index < -0.39 is 6.10 Å². The summed E-state index contributed by atoms with van der Waals surface area (Å²) in [6.07, 6.45) is 0.110. The van der Waals surface area contributed by atoms with Crippen LogP contribution in [0.3, 0.4) is 0 Å². The van der Waals surface area contributed by atoms with Crippen molar-refractivity contribution < 1.29 is 14.6 Å². The minimum absolute atomic E-state index is 0.0568. The van der Waals surface area contributed by atoms with Crippen molar-refractivity contribution in [3.05, 3.63) is 30.4 Å². The van der Waals surface area contributed by atoms with E-state index in [1.807, 2.05) is 13.8 Å². The number of carbonyl (C=O) groups is 1. The topological polar surface area (TPSA) is 49.8 Å². The van der Waals surface area contributed by atoms with Crippen LogP contribution in [-0.2, 0) is 4.79 Å². The smallest absolute Gasteiger partial charge is 0.268 e. The van der Waals surface area contributed by atoms with E-state index in [4.69, 9.17) is 4.74 Å². The Hall–Kier alpha value is -1.97. The molecular formula is C14H17NO3. The first-order valence-corrected chi connectivity index (χ1v) is 5.98. The summed E-state index contributed by atoms with van der Waals surface area (Å²) in [6, 6.07) is 4.78. The van der Waals surface area contributed by atoms with Crippen LogP contribution in [0.2, 0.25) is 0 Å². The second-order valence-electron chi connectivity index (χ2n) is 4.55. The zero-order valence-electron chi connectivity index (χ0n) is 10.6. The maximum Gasteiger partial charge on any atom is 0.268 e. The third kappa shape index (κ3) is 2.18. The standard InChI is InChI=1S/C14H17NO3/c1-4-12-14(17)15(8-9(2)3)11-6-5-10(16)7-13(11)18-12/h5-7,12,16H,2,4,8H2,1,3H3. The van der Waals surface area contributed by atoms with Crippen LogP contribution in [-0.4, -0.2) is 23.7 Å². The molecule has 0 fully saturated rings. The van der Waals surface area contributed by atoms with Gasteiger partial charge in [0.1, 0.15) is 11.5 Å². The highest BCUT2D eigenvalue weighted by atomic mass is 16.5. The second kappa shape index (κ2) is 4.72. The summed E-state index contributed by atoms with van der Waals surface area (Å²) in [7, 11) is 0. The number of carbonyl (C=O) groups excluding carboxylic acids is 1. The SMILES string of the molecule is C=C(C)CN1C(=O)C(CC)Oc2cc(O)ccc21. The van der Waals surface area contributed by atoms with Crippen LogP contribution in [0.5, 0.6) is 11.5 Å². The Kier molecular flexibility index (Phi) is 3.28. The number of anilines is 1. The van der Waals surface area contributed by atoms with Gasteiger partial charge in [-0.3, -0.25) is 4.79 Å². The number of rotatable bonds is 3. The van der Waals surface area contributed by atoms with Crippen LogP contribution in [0.1, 0.15) is 20.3 Å². The minimum Gasteiger partial charge on any atom is -0.508 e. The molecule has 1 unspecified atom stereocenters. The predicted octanol–water partition coefficient (Wildman–Crippen LogP) is 2.47. The number of fused-ring (bicyclic) bond motifs is 1. The summed E-state index contributed by atoms with van der Waals surface area (Å²) in [5, 5.41) is 9.48. The van der Waals surface area contributed by atoms with E-state index >= 15 is 0 Å². The number of ether oxygens (including phenoxy) is 1. The van der Waals surface area contributed by atoms with Crippen molar-refractivity contribution in [3.8, 4) is 11.5 Å². The molecule has 2 rings (SSSR count). The highest BCUT2D eigenvalue weighted by Crippen LogP contribution is 2.37. The van der Waals surface area contributed by atoms with E-state index in [2.05, 4.69) is 6.58 Å². The lowest BCUT2D eigenvalue weighted by Crippen LogP contribution is -2.46. The molecule has 1 aliphatic rings. The molecule has 0 saturated carbocycles. The van der Waals surface area contributed by atoms with Gasteiger partial charge in [-0.05, 0) is 25.5 Å². The quantitative estimate of drug-likeness (QED) is 0.835. The molecule has 0 radical (unpaired) electrons. The second-order valence-corrected chi connectivity index (χ2v) is 4.55. The van der Waals surface area contributed by atoms with Gasteiger partial charge in [-0.1, -0.05) is 19.1 Å². The molecule has 0 saturated heterocycles. The maximum atomic E-state index is 12.2. The lowest BCUT2D eigenvalue weighted by atomic mass is 10.1. The summed E-state index contributed by atoms with van der Waals surface area (Å²) < 4.78 is 5.61. The average molecular weight is 247 g/mol. The highest BCUT2D eigenvalue weighted by Gasteiger charge is 2.33. The van der Waals surface area contributed by atoms with Crippen molar-refractivity contribution in [2.45, 2.75) is 26.4 Å². The Labute approximate surface area is 106 Å². The third-order valence-corrected chi connectivity index (χ3v) is 2.84. The Morgan fingerprint density at radius 1 is 1.56 bits per heavy atom. The molecular weight excluding hydrogens is 230 g/mol. The van der Waals surface area contributed by atoms with Crippen molar-refractivity contribution in [2.75, 3.05) is 11.4 Å². The maximum absolute atomic E-state index is 12.2. The highest BCUT2D eigenvalue weighted by molar-refractivity contribution is 6.00. The number of benzene rings is 1. The predicted molar refractivity (Wildman–Crippen MR) is 70.0 cm³/mol. The fraction of sp³-hybridized carbons (Fsp3) is 0.357. The molecule has 1 N–H and O–H groups in total. The van der Waals surface area contributed by atoms with E-state index in [-0.39, 0.29) is 11.7 Å². The Morgan fingerprint density at radius 3 is 2.89 bits per heavy atom. The summed E-state index contributed by atoms with van der Waals surface area (Å²) in [5.41, 5.74) is 1.59. The normalized spacial score (nSPS) is 18.2. The Bertz CT molecular complexity index is 496. The molecule has 1 aromatic rings. The molecule has 1 aromatic carbocycles. The first kappa shape index (κ1) is 12.5. The van der Waals surface area contributed by atoms with E-state index in [1.54, 1.807) is 17.0 Å². The van der Waals surface area contributed by atoms with Crippen LogP contribution in [0, 0.1) is 0 Å². The first-order valence-electron chi connectivity index (χ1n) is 5.98. The summed E-state index contributed by atoms with van der Waals surface area (Å²) in [5.74, 6) is 0.620. The molecule has 0 aliphatic carbocycles. The lowest BCUT2D eigenvalue weighted by molar-refractivity contribution is -0.126. The number of aromatic hydroxyl groups is 1. The van der Waals surface area contributed by atoms with E-state index in [0.717, 1.165) is 5.57 Å². The largest absolute Gasteiger partial charge is 0.508 e. The van der Waals surface area contributed by atoms with Gasteiger partial charge in [0.15, 0.2) is 6.10 Å². The van der Waals surface area contributed by atoms with Crippen molar-refractivity contribution in [1.29, 1.82) is 0 Å². The van der Waals surface area contributed by atoms with Crippen molar-refractivity contribution in [1.82, 2.24) is 0 Å². The lowest BCUT2D eigenvalue weighted by Gasteiger charge is -2.34. The third-order valence-electron chi connectivity index (χ3n) is 2.84. The molecule has 4 heteroatoms. The van der Waals surface area contributed by atoms with Crippen LogP contribution in [0.25, 0.3) is 0 Å². The monoisotopic (exact) mass is 247 g/mol. The van der Waals surface area contributed by atoms with Gasteiger partial charge in [-0.2, -0.15) is 0 Å². The van der Waals surface area contributed by atoms with E-state index in [1.165, 1.54) is 6.07 Å². The van der Waals surface area contributed by atoms with E-state index in [9.17, 15) is 9.90 Å². The molecule has 18 heavy (non-hydrogen) atoms. The van der Waals surface area contributed by atoms with Gasteiger partial charge in [-0.25, -0.2) is 0 Å². The van der Waals surface area contributed by atoms with Gasteiger partial charge in [0.25, 0.3) is 5.91 Å². The van der Waals surface area contributed by atoms with Gasteiger partial charge < -0.3 is 14.7 Å².